The maximum atomic E-state index is 11.4. The molecule has 0 fully saturated rings. The summed E-state index contributed by atoms with van der Waals surface area (Å²) in [5.74, 6) is 3.63. The predicted octanol–water partition coefficient (Wildman–Crippen LogP) is 1.61. The van der Waals surface area contributed by atoms with Gasteiger partial charge in [-0.2, -0.15) is 0 Å². The Morgan fingerprint density at radius 2 is 0.739 bits per heavy atom. The van der Waals surface area contributed by atoms with E-state index < -0.39 is 11.6 Å². The highest BCUT2D eigenvalue weighted by Gasteiger charge is 2.15. The molecule has 0 spiro atoms. The molecule has 0 aliphatic rings. The monoisotopic (exact) mass is 664 g/mol. The van der Waals surface area contributed by atoms with Crippen LogP contribution >= 0.6 is 0 Å². The van der Waals surface area contributed by atoms with Crippen LogP contribution in [0.2, 0.25) is 0 Å². The van der Waals surface area contributed by atoms with E-state index >= 15 is 0 Å². The fourth-order valence-corrected chi connectivity index (χ4v) is 2.73. The van der Waals surface area contributed by atoms with E-state index in [1.807, 2.05) is 20.8 Å². The lowest BCUT2D eigenvalue weighted by Crippen LogP contribution is -2.24. The summed E-state index contributed by atoms with van der Waals surface area (Å²) >= 11 is 0. The van der Waals surface area contributed by atoms with Gasteiger partial charge in [0, 0.05) is 0 Å². The fraction of sp³-hybridized carbons (Fsp3) is 0.812. The molecule has 0 bridgehead atoms. The number of carboxylic acids is 1. The topological polar surface area (TPSA) is 156 Å². The number of aliphatic carboxylic acids is 1. The highest BCUT2D eigenvalue weighted by atomic mass is 16.6. The van der Waals surface area contributed by atoms with Gasteiger partial charge in [-0.1, -0.05) is 11.8 Å². The SMILES string of the molecule is C#CCOCCOCCOCCOCCOCCC(=O)O.C#CCOCCOCCOCCOCCOCCC(=O)OC(C)(C)C. The van der Waals surface area contributed by atoms with Crippen molar-refractivity contribution in [1.82, 2.24) is 0 Å². The van der Waals surface area contributed by atoms with Crippen LogP contribution < -0.4 is 0 Å². The molecule has 0 unspecified atom stereocenters. The normalized spacial score (nSPS) is 10.9. The number of carbonyl (C=O) groups excluding carboxylic acids is 1. The maximum absolute atomic E-state index is 11.4. The van der Waals surface area contributed by atoms with Gasteiger partial charge in [-0.3, -0.25) is 9.59 Å². The van der Waals surface area contributed by atoms with Crippen molar-refractivity contribution in [3.63, 3.8) is 0 Å². The predicted molar refractivity (Wildman–Crippen MR) is 169 cm³/mol. The Morgan fingerprint density at radius 1 is 0.478 bits per heavy atom. The van der Waals surface area contributed by atoms with E-state index in [1.165, 1.54) is 0 Å². The van der Waals surface area contributed by atoms with Crippen molar-refractivity contribution < 1.29 is 66.8 Å². The van der Waals surface area contributed by atoms with Gasteiger partial charge in [0.25, 0.3) is 0 Å². The Labute approximate surface area is 274 Å². The minimum Gasteiger partial charge on any atom is -0.481 e. The molecule has 0 saturated carbocycles. The molecule has 14 nitrogen and oxygen atoms in total. The summed E-state index contributed by atoms with van der Waals surface area (Å²) in [6.07, 6.45) is 10.3. The highest BCUT2D eigenvalue weighted by molar-refractivity contribution is 5.69. The molecule has 0 heterocycles. The number of hydrogen-bond donors (Lipinski definition) is 1. The third kappa shape index (κ3) is 46.1. The molecule has 0 aromatic carbocycles. The number of ether oxygens (including phenoxy) is 11. The van der Waals surface area contributed by atoms with Crippen LogP contribution in [0.3, 0.4) is 0 Å². The van der Waals surface area contributed by atoms with Gasteiger partial charge in [0.2, 0.25) is 0 Å². The zero-order valence-corrected chi connectivity index (χ0v) is 28.0. The zero-order valence-electron chi connectivity index (χ0n) is 28.0. The lowest BCUT2D eigenvalue weighted by Gasteiger charge is -2.19. The highest BCUT2D eigenvalue weighted by Crippen LogP contribution is 2.08. The third-order valence-electron chi connectivity index (χ3n) is 4.68. The van der Waals surface area contributed by atoms with E-state index in [-0.39, 0.29) is 25.4 Å². The van der Waals surface area contributed by atoms with Gasteiger partial charge in [-0.05, 0) is 20.8 Å². The molecule has 46 heavy (non-hydrogen) atoms. The molecule has 0 saturated heterocycles. The van der Waals surface area contributed by atoms with Crippen molar-refractivity contribution in [3.8, 4) is 24.7 Å². The van der Waals surface area contributed by atoms with Gasteiger partial charge in [0.1, 0.15) is 18.8 Å². The molecule has 1 N–H and O–H groups in total. The summed E-state index contributed by atoms with van der Waals surface area (Å²) in [5.41, 5.74) is -0.457. The van der Waals surface area contributed by atoms with Crippen molar-refractivity contribution in [2.75, 3.05) is 132 Å². The molecule has 0 atom stereocenters. The van der Waals surface area contributed by atoms with E-state index in [4.69, 9.17) is 70.1 Å². The van der Waals surface area contributed by atoms with Crippen molar-refractivity contribution >= 4 is 11.9 Å². The Bertz CT molecular complexity index is 757. The number of esters is 1. The third-order valence-corrected chi connectivity index (χ3v) is 4.68. The molecule has 14 heteroatoms. The van der Waals surface area contributed by atoms with Gasteiger partial charge >= 0.3 is 11.9 Å². The van der Waals surface area contributed by atoms with E-state index in [0.717, 1.165) is 0 Å². The van der Waals surface area contributed by atoms with Crippen LogP contribution in [0.1, 0.15) is 33.6 Å². The lowest BCUT2D eigenvalue weighted by atomic mass is 10.2. The van der Waals surface area contributed by atoms with Crippen LogP contribution in [0.4, 0.5) is 0 Å². The molecule has 268 valence electrons. The Balaban J connectivity index is 0. The van der Waals surface area contributed by atoms with Gasteiger partial charge in [0.05, 0.1) is 132 Å². The number of carbonyl (C=O) groups is 2. The summed E-state index contributed by atoms with van der Waals surface area (Å²) in [5, 5.41) is 8.38. The Hall–Kier alpha value is -2.34. The second-order valence-corrected chi connectivity index (χ2v) is 9.89. The quantitative estimate of drug-likeness (QED) is 0.0629. The number of carboxylic acid groups (broad SMARTS) is 1. The smallest absolute Gasteiger partial charge is 0.308 e. The van der Waals surface area contributed by atoms with Crippen LogP contribution in [0.15, 0.2) is 0 Å². The van der Waals surface area contributed by atoms with Gasteiger partial charge in [-0.25, -0.2) is 0 Å². The van der Waals surface area contributed by atoms with Crippen molar-refractivity contribution in [1.29, 1.82) is 0 Å². The Kier molecular flexibility index (Phi) is 36.9. The van der Waals surface area contributed by atoms with E-state index in [9.17, 15) is 9.59 Å². The average molecular weight is 665 g/mol. The van der Waals surface area contributed by atoms with Gasteiger partial charge < -0.3 is 57.2 Å². The summed E-state index contributed by atoms with van der Waals surface area (Å²) in [4.78, 5) is 21.6. The van der Waals surface area contributed by atoms with Crippen molar-refractivity contribution in [3.05, 3.63) is 0 Å². The first-order chi connectivity index (χ1) is 22.2. The summed E-state index contributed by atoms with van der Waals surface area (Å²) in [6.45, 7) is 14.3. The Morgan fingerprint density at radius 3 is 1.00 bits per heavy atom. The van der Waals surface area contributed by atoms with Crippen molar-refractivity contribution in [2.24, 2.45) is 0 Å². The van der Waals surface area contributed by atoms with E-state index in [0.29, 0.717) is 126 Å². The largest absolute Gasteiger partial charge is 0.481 e. The average Bonchev–Trinajstić information content (AvgIpc) is 3.00. The molecule has 0 aliphatic heterocycles. The molecule has 0 aromatic heterocycles. The zero-order chi connectivity index (χ0) is 34.4. The summed E-state index contributed by atoms with van der Waals surface area (Å²) < 4.78 is 57.4. The van der Waals surface area contributed by atoms with Gasteiger partial charge in [-0.15, -0.1) is 12.8 Å². The van der Waals surface area contributed by atoms with E-state index in [1.54, 1.807) is 0 Å². The first-order valence-corrected chi connectivity index (χ1v) is 15.3. The number of hydrogen-bond acceptors (Lipinski definition) is 13. The molecular weight excluding hydrogens is 608 g/mol. The maximum Gasteiger partial charge on any atom is 0.308 e. The molecule has 0 amide bonds. The van der Waals surface area contributed by atoms with Crippen molar-refractivity contribution in [2.45, 2.75) is 39.2 Å². The summed E-state index contributed by atoms with van der Waals surface area (Å²) in [6, 6.07) is 0. The first-order valence-electron chi connectivity index (χ1n) is 15.3. The molecule has 0 aliphatic carbocycles. The second kappa shape index (κ2) is 37.1. The number of rotatable bonds is 32. The second-order valence-electron chi connectivity index (χ2n) is 9.89. The van der Waals surface area contributed by atoms with Crippen LogP contribution in [0.5, 0.6) is 0 Å². The van der Waals surface area contributed by atoms with Crippen LogP contribution in [-0.4, -0.2) is 155 Å². The fourth-order valence-electron chi connectivity index (χ4n) is 2.73. The minimum absolute atomic E-state index is 0.0108. The van der Waals surface area contributed by atoms with Crippen LogP contribution in [0.25, 0.3) is 0 Å². The first kappa shape index (κ1) is 45.8. The molecule has 0 rings (SSSR count). The minimum atomic E-state index is -0.867. The molecular formula is C32H56O14. The van der Waals surface area contributed by atoms with E-state index in [2.05, 4.69) is 11.8 Å². The standard InChI is InChI=1S/C18H32O7.C14H24O7/c1-5-7-20-9-11-22-13-15-24-16-14-23-12-10-21-8-6-17(19)25-18(2,3)4;1-2-4-17-6-8-19-10-12-21-13-11-20-9-7-18-5-3-14(15)16/h1H,6-16H2,2-4H3;1H,3-13H2,(H,15,16). The molecule has 0 aromatic rings. The molecule has 0 radical (unpaired) electrons. The van der Waals surface area contributed by atoms with Gasteiger partial charge in [0.15, 0.2) is 0 Å². The summed E-state index contributed by atoms with van der Waals surface area (Å²) in [7, 11) is 0. The number of terminal acetylenes is 2. The van der Waals surface area contributed by atoms with Crippen LogP contribution in [-0.2, 0) is 61.7 Å². The van der Waals surface area contributed by atoms with Crippen LogP contribution in [0, 0.1) is 24.7 Å². The lowest BCUT2D eigenvalue weighted by molar-refractivity contribution is -0.156.